The second-order valence-electron chi connectivity index (χ2n) is 6.15. The van der Waals surface area contributed by atoms with E-state index in [0.717, 1.165) is 12.5 Å². The van der Waals surface area contributed by atoms with Gasteiger partial charge in [0.2, 0.25) is 0 Å². The van der Waals surface area contributed by atoms with Crippen LogP contribution in [0.4, 0.5) is 0 Å². The van der Waals surface area contributed by atoms with Crippen LogP contribution in [0.1, 0.15) is 45.4 Å². The first kappa shape index (κ1) is 14.3. The maximum Gasteiger partial charge on any atom is 0.0724 e. The molecule has 0 aromatic heterocycles. The first-order valence-electron chi connectivity index (χ1n) is 7.78. The van der Waals surface area contributed by atoms with Gasteiger partial charge in [-0.2, -0.15) is 0 Å². The van der Waals surface area contributed by atoms with Gasteiger partial charge in [0.15, 0.2) is 0 Å². The lowest BCUT2D eigenvalue weighted by atomic mass is 9.95. The number of nitrogens with zero attached hydrogens (tertiary/aromatic N) is 1. The highest BCUT2D eigenvalue weighted by Gasteiger charge is 2.27. The summed E-state index contributed by atoms with van der Waals surface area (Å²) in [5, 5.41) is 3.73. The summed E-state index contributed by atoms with van der Waals surface area (Å²) in [6.45, 7) is 7.11. The second-order valence-corrected chi connectivity index (χ2v) is 6.15. The lowest BCUT2D eigenvalue weighted by molar-refractivity contribution is -0.00781. The molecule has 0 saturated carbocycles. The van der Waals surface area contributed by atoms with Crippen LogP contribution in [-0.2, 0) is 4.74 Å². The Morgan fingerprint density at radius 2 is 2.00 bits per heavy atom. The van der Waals surface area contributed by atoms with Gasteiger partial charge in [0, 0.05) is 26.2 Å². The molecule has 106 valence electrons. The minimum Gasteiger partial charge on any atom is -0.380 e. The molecule has 2 heterocycles. The van der Waals surface area contributed by atoms with Gasteiger partial charge in [-0.1, -0.05) is 26.2 Å². The Labute approximate surface area is 112 Å². The summed E-state index contributed by atoms with van der Waals surface area (Å²) in [5.41, 5.74) is 0. The zero-order chi connectivity index (χ0) is 12.8. The Balaban J connectivity index is 1.77. The van der Waals surface area contributed by atoms with Crippen molar-refractivity contribution in [3.63, 3.8) is 0 Å². The van der Waals surface area contributed by atoms with Crippen molar-refractivity contribution in [2.24, 2.45) is 5.92 Å². The first-order valence-corrected chi connectivity index (χ1v) is 7.78. The van der Waals surface area contributed by atoms with E-state index in [1.54, 1.807) is 0 Å². The highest BCUT2D eigenvalue weighted by Crippen LogP contribution is 2.20. The summed E-state index contributed by atoms with van der Waals surface area (Å²) in [6.07, 6.45) is 8.66. The van der Waals surface area contributed by atoms with Gasteiger partial charge in [0.25, 0.3) is 0 Å². The zero-order valence-electron chi connectivity index (χ0n) is 12.2. The van der Waals surface area contributed by atoms with E-state index in [0.29, 0.717) is 12.1 Å². The van der Waals surface area contributed by atoms with Crippen molar-refractivity contribution < 1.29 is 4.74 Å². The van der Waals surface area contributed by atoms with E-state index >= 15 is 0 Å². The fourth-order valence-corrected chi connectivity index (χ4v) is 3.32. The van der Waals surface area contributed by atoms with Gasteiger partial charge in [-0.05, 0) is 38.3 Å². The molecule has 0 bridgehead atoms. The number of ether oxygens (including phenoxy) is 1. The molecular formula is C15H30N2O. The molecule has 18 heavy (non-hydrogen) atoms. The number of rotatable bonds is 3. The van der Waals surface area contributed by atoms with Gasteiger partial charge in [0.1, 0.15) is 0 Å². The molecule has 0 aromatic carbocycles. The van der Waals surface area contributed by atoms with Crippen LogP contribution >= 0.6 is 0 Å². The van der Waals surface area contributed by atoms with Gasteiger partial charge in [-0.15, -0.1) is 0 Å². The third-order valence-corrected chi connectivity index (χ3v) is 4.67. The number of methoxy groups -OCH3 is 1. The average molecular weight is 254 g/mol. The monoisotopic (exact) mass is 254 g/mol. The molecular weight excluding hydrogens is 224 g/mol. The SMILES string of the molecule is COC1CN(CC2CCCCCCN2)CCC1C. The fraction of sp³-hybridized carbons (Fsp3) is 1.00. The Morgan fingerprint density at radius 1 is 1.17 bits per heavy atom. The Hall–Kier alpha value is -0.120. The van der Waals surface area contributed by atoms with Crippen LogP contribution in [0.15, 0.2) is 0 Å². The molecule has 2 fully saturated rings. The van der Waals surface area contributed by atoms with Gasteiger partial charge < -0.3 is 10.1 Å². The minimum atomic E-state index is 0.437. The quantitative estimate of drug-likeness (QED) is 0.836. The minimum absolute atomic E-state index is 0.437. The smallest absolute Gasteiger partial charge is 0.0724 e. The Kier molecular flexibility index (Phi) is 5.93. The van der Waals surface area contributed by atoms with Crippen LogP contribution in [0.25, 0.3) is 0 Å². The van der Waals surface area contributed by atoms with Crippen molar-refractivity contribution in [2.75, 3.05) is 33.3 Å². The van der Waals surface area contributed by atoms with Crippen molar-refractivity contribution in [1.29, 1.82) is 0 Å². The molecule has 2 saturated heterocycles. The standard InChI is InChI=1S/C15H30N2O/c1-13-8-10-17(12-15(13)18-2)11-14-7-5-3-4-6-9-16-14/h13-16H,3-12H2,1-2H3. The van der Waals surface area contributed by atoms with Crippen LogP contribution in [0.5, 0.6) is 0 Å². The van der Waals surface area contributed by atoms with Crippen LogP contribution < -0.4 is 5.32 Å². The zero-order valence-corrected chi connectivity index (χ0v) is 12.2. The Morgan fingerprint density at radius 3 is 2.83 bits per heavy atom. The molecule has 0 amide bonds. The largest absolute Gasteiger partial charge is 0.380 e. The van der Waals surface area contributed by atoms with E-state index in [2.05, 4.69) is 17.1 Å². The van der Waals surface area contributed by atoms with Crippen molar-refractivity contribution in [3.05, 3.63) is 0 Å². The van der Waals surface area contributed by atoms with E-state index in [-0.39, 0.29) is 0 Å². The van der Waals surface area contributed by atoms with Crippen molar-refractivity contribution in [3.8, 4) is 0 Å². The van der Waals surface area contributed by atoms with Crippen LogP contribution in [-0.4, -0.2) is 50.3 Å². The number of hydrogen-bond donors (Lipinski definition) is 1. The topological polar surface area (TPSA) is 24.5 Å². The Bertz CT molecular complexity index is 227. The van der Waals surface area contributed by atoms with E-state index in [4.69, 9.17) is 4.74 Å². The molecule has 3 heteroatoms. The first-order chi connectivity index (χ1) is 8.79. The highest BCUT2D eigenvalue weighted by atomic mass is 16.5. The van der Waals surface area contributed by atoms with Gasteiger partial charge in [0.05, 0.1) is 6.10 Å². The summed E-state index contributed by atoms with van der Waals surface area (Å²) < 4.78 is 5.61. The lowest BCUT2D eigenvalue weighted by Crippen LogP contribution is -2.49. The molecule has 2 rings (SSSR count). The van der Waals surface area contributed by atoms with E-state index in [1.165, 1.54) is 58.2 Å². The molecule has 1 N–H and O–H groups in total. The van der Waals surface area contributed by atoms with Crippen LogP contribution in [0.3, 0.4) is 0 Å². The predicted octanol–water partition coefficient (Wildman–Crippen LogP) is 2.27. The summed E-state index contributed by atoms with van der Waals surface area (Å²) >= 11 is 0. The molecule has 2 aliphatic heterocycles. The molecule has 0 radical (unpaired) electrons. The van der Waals surface area contributed by atoms with Crippen LogP contribution in [0, 0.1) is 5.92 Å². The fourth-order valence-electron chi connectivity index (χ4n) is 3.32. The van der Waals surface area contributed by atoms with Gasteiger partial charge >= 0.3 is 0 Å². The molecule has 3 atom stereocenters. The number of likely N-dealkylation sites (tertiary alicyclic amines) is 1. The molecule has 0 spiro atoms. The molecule has 3 unspecified atom stereocenters. The average Bonchev–Trinajstić information content (AvgIpc) is 2.34. The third-order valence-electron chi connectivity index (χ3n) is 4.67. The number of hydrogen-bond acceptors (Lipinski definition) is 3. The predicted molar refractivity (Wildman–Crippen MR) is 75.9 cm³/mol. The maximum absolute atomic E-state index is 5.61. The summed E-state index contributed by atoms with van der Waals surface area (Å²) in [6, 6.07) is 0.705. The van der Waals surface area contributed by atoms with Crippen molar-refractivity contribution >= 4 is 0 Å². The maximum atomic E-state index is 5.61. The number of nitrogens with one attached hydrogen (secondary N) is 1. The number of piperidine rings is 1. The second kappa shape index (κ2) is 7.46. The molecule has 0 aromatic rings. The van der Waals surface area contributed by atoms with Crippen molar-refractivity contribution in [1.82, 2.24) is 10.2 Å². The lowest BCUT2D eigenvalue weighted by Gasteiger charge is -2.38. The molecule has 2 aliphatic rings. The van der Waals surface area contributed by atoms with E-state index < -0.39 is 0 Å². The highest BCUT2D eigenvalue weighted by molar-refractivity contribution is 4.82. The van der Waals surface area contributed by atoms with Gasteiger partial charge in [-0.3, -0.25) is 4.90 Å². The normalized spacial score (nSPS) is 36.0. The van der Waals surface area contributed by atoms with Crippen LogP contribution in [0.2, 0.25) is 0 Å². The summed E-state index contributed by atoms with van der Waals surface area (Å²) in [5.74, 6) is 0.719. The summed E-state index contributed by atoms with van der Waals surface area (Å²) in [4.78, 5) is 2.60. The van der Waals surface area contributed by atoms with E-state index in [9.17, 15) is 0 Å². The summed E-state index contributed by atoms with van der Waals surface area (Å²) in [7, 11) is 1.86. The van der Waals surface area contributed by atoms with Crippen molar-refractivity contribution in [2.45, 2.75) is 57.6 Å². The third kappa shape index (κ3) is 4.22. The van der Waals surface area contributed by atoms with E-state index in [1.807, 2.05) is 7.11 Å². The van der Waals surface area contributed by atoms with Gasteiger partial charge in [-0.25, -0.2) is 0 Å². The molecule has 0 aliphatic carbocycles. The molecule has 3 nitrogen and oxygen atoms in total.